The predicted molar refractivity (Wildman–Crippen MR) is 85.1 cm³/mol. The Morgan fingerprint density at radius 1 is 1.15 bits per heavy atom. The van der Waals surface area contributed by atoms with Crippen LogP contribution in [0.1, 0.15) is 47.2 Å². The molecule has 0 saturated heterocycles. The Kier molecular flexibility index (Phi) is 5.54. The fraction of sp³-hybridized carbons (Fsp3) is 0.688. The monoisotopic (exact) mass is 279 g/mol. The van der Waals surface area contributed by atoms with Crippen LogP contribution in [0.3, 0.4) is 0 Å². The van der Waals surface area contributed by atoms with E-state index >= 15 is 0 Å². The summed E-state index contributed by atoms with van der Waals surface area (Å²) in [6.45, 7) is 14.6. The van der Waals surface area contributed by atoms with E-state index in [1.54, 1.807) is 6.92 Å². The number of rotatable bonds is 6. The lowest BCUT2D eigenvalue weighted by molar-refractivity contribution is 0.0459. The summed E-state index contributed by atoms with van der Waals surface area (Å²) in [5.41, 5.74) is -0.296. The number of nitrogens with one attached hydrogen (secondary N) is 1. The van der Waals surface area contributed by atoms with Crippen LogP contribution in [0.2, 0.25) is 0 Å². The fourth-order valence-corrected chi connectivity index (χ4v) is 1.97. The van der Waals surface area contributed by atoms with Crippen molar-refractivity contribution in [2.45, 2.75) is 52.7 Å². The van der Waals surface area contributed by atoms with Crippen molar-refractivity contribution in [1.29, 1.82) is 0 Å². The van der Waals surface area contributed by atoms with Gasteiger partial charge in [-0.3, -0.25) is 0 Å². The minimum Gasteiger partial charge on any atom is -0.383 e. The lowest BCUT2D eigenvalue weighted by Gasteiger charge is -2.30. The molecular formula is C16H29N3O. The Bertz CT molecular complexity index is 420. The normalized spacial score (nSPS) is 14.9. The number of aliphatic hydroxyl groups is 1. The van der Waals surface area contributed by atoms with Gasteiger partial charge in [0.15, 0.2) is 0 Å². The molecule has 0 saturated carbocycles. The van der Waals surface area contributed by atoms with Crippen molar-refractivity contribution >= 4 is 5.82 Å². The summed E-state index contributed by atoms with van der Waals surface area (Å²) in [7, 11) is 0. The summed E-state index contributed by atoms with van der Waals surface area (Å²) in [4.78, 5) is 6.80. The Balaban J connectivity index is 2.92. The number of anilines is 1. The molecule has 20 heavy (non-hydrogen) atoms. The van der Waals surface area contributed by atoms with E-state index in [2.05, 4.69) is 49.8 Å². The number of β-amino-alcohol motifs (C(OH)–C–C–N with tert-alkyl or cyclic N) is 1. The molecule has 0 aliphatic rings. The van der Waals surface area contributed by atoms with Crippen LogP contribution in [0, 0.1) is 0 Å². The molecular weight excluding hydrogens is 250 g/mol. The van der Waals surface area contributed by atoms with Crippen molar-refractivity contribution in [2.75, 3.05) is 24.5 Å². The maximum absolute atomic E-state index is 10.7. The number of hydrogen-bond donors (Lipinski definition) is 2. The molecule has 1 atom stereocenters. The van der Waals surface area contributed by atoms with Gasteiger partial charge in [0, 0.05) is 25.2 Å². The Hall–Kier alpha value is -1.13. The molecule has 0 aliphatic carbocycles. The van der Waals surface area contributed by atoms with Gasteiger partial charge in [-0.2, -0.15) is 0 Å². The van der Waals surface area contributed by atoms with Crippen molar-refractivity contribution in [2.24, 2.45) is 0 Å². The van der Waals surface area contributed by atoms with Gasteiger partial charge in [-0.15, -0.1) is 0 Å². The molecule has 0 amide bonds. The fourth-order valence-electron chi connectivity index (χ4n) is 1.97. The summed E-state index contributed by atoms with van der Waals surface area (Å²) in [5.74, 6) is 0.920. The molecule has 4 nitrogen and oxygen atoms in total. The number of hydrogen-bond acceptors (Lipinski definition) is 4. The second kappa shape index (κ2) is 6.55. The zero-order valence-corrected chi connectivity index (χ0v) is 13.7. The summed E-state index contributed by atoms with van der Waals surface area (Å²) >= 11 is 0. The molecule has 4 heteroatoms. The molecule has 1 aromatic rings. The average Bonchev–Trinajstić information content (AvgIpc) is 2.38. The van der Waals surface area contributed by atoms with Gasteiger partial charge < -0.3 is 15.3 Å². The zero-order chi connectivity index (χ0) is 15.4. The molecule has 0 bridgehead atoms. The third kappa shape index (κ3) is 4.76. The van der Waals surface area contributed by atoms with Gasteiger partial charge in [0.25, 0.3) is 0 Å². The summed E-state index contributed by atoms with van der Waals surface area (Å²) in [6, 6.07) is 5.84. The molecule has 114 valence electrons. The van der Waals surface area contributed by atoms with E-state index in [1.807, 2.05) is 18.2 Å². The molecule has 2 N–H and O–H groups in total. The molecule has 0 fully saturated rings. The Morgan fingerprint density at radius 3 is 2.25 bits per heavy atom. The van der Waals surface area contributed by atoms with E-state index in [9.17, 15) is 5.11 Å². The summed E-state index contributed by atoms with van der Waals surface area (Å²) in [5, 5.41) is 14.0. The quantitative estimate of drug-likeness (QED) is 0.840. The maximum Gasteiger partial charge on any atom is 0.128 e. The van der Waals surface area contributed by atoms with E-state index in [0.29, 0.717) is 12.2 Å². The first-order chi connectivity index (χ1) is 9.19. The van der Waals surface area contributed by atoms with Gasteiger partial charge in [-0.25, -0.2) is 4.98 Å². The van der Waals surface area contributed by atoms with Crippen LogP contribution >= 0.6 is 0 Å². The zero-order valence-electron chi connectivity index (χ0n) is 13.7. The topological polar surface area (TPSA) is 48.4 Å². The first kappa shape index (κ1) is 16.9. The first-order valence-electron chi connectivity index (χ1n) is 7.39. The summed E-state index contributed by atoms with van der Waals surface area (Å²) < 4.78 is 0. The van der Waals surface area contributed by atoms with Gasteiger partial charge in [0.1, 0.15) is 11.4 Å². The highest BCUT2D eigenvalue weighted by atomic mass is 16.3. The van der Waals surface area contributed by atoms with Crippen molar-refractivity contribution in [3.8, 4) is 0 Å². The second-order valence-electron chi connectivity index (χ2n) is 6.43. The smallest absolute Gasteiger partial charge is 0.128 e. The first-order valence-corrected chi connectivity index (χ1v) is 7.39. The Labute approximate surface area is 123 Å². The number of aromatic nitrogens is 1. The van der Waals surface area contributed by atoms with Crippen LogP contribution in [-0.2, 0) is 5.60 Å². The van der Waals surface area contributed by atoms with Crippen molar-refractivity contribution < 1.29 is 5.11 Å². The standard InChI is InChI=1S/C16H29N3O/c1-7-19(8-2)14-11-9-10-13(18-14)16(6,20)12-17-15(3,4)5/h9-11,17,20H,7-8,12H2,1-6H3/t16-/m1/s1. The third-order valence-electron chi connectivity index (χ3n) is 3.34. The maximum atomic E-state index is 10.7. The van der Waals surface area contributed by atoms with E-state index < -0.39 is 5.60 Å². The molecule has 0 spiro atoms. The van der Waals surface area contributed by atoms with Gasteiger partial charge in [0.05, 0.1) is 5.69 Å². The van der Waals surface area contributed by atoms with Gasteiger partial charge in [0.2, 0.25) is 0 Å². The van der Waals surface area contributed by atoms with Crippen LogP contribution in [-0.4, -0.2) is 35.3 Å². The van der Waals surface area contributed by atoms with E-state index in [4.69, 9.17) is 0 Å². The van der Waals surface area contributed by atoms with E-state index in [-0.39, 0.29) is 5.54 Å². The highest BCUT2D eigenvalue weighted by Gasteiger charge is 2.27. The molecule has 1 aromatic heterocycles. The highest BCUT2D eigenvalue weighted by Crippen LogP contribution is 2.21. The van der Waals surface area contributed by atoms with Crippen LogP contribution < -0.4 is 10.2 Å². The summed E-state index contributed by atoms with van der Waals surface area (Å²) in [6.07, 6.45) is 0. The molecule has 1 rings (SSSR count). The van der Waals surface area contributed by atoms with Crippen molar-refractivity contribution in [3.63, 3.8) is 0 Å². The predicted octanol–water partition coefficient (Wildman–Crippen LogP) is 2.52. The van der Waals surface area contributed by atoms with E-state index in [1.165, 1.54) is 0 Å². The highest BCUT2D eigenvalue weighted by molar-refractivity contribution is 5.39. The van der Waals surface area contributed by atoms with Crippen LogP contribution in [0.15, 0.2) is 18.2 Å². The molecule has 0 unspecified atom stereocenters. The minimum atomic E-state index is -0.976. The van der Waals surface area contributed by atoms with Crippen molar-refractivity contribution in [3.05, 3.63) is 23.9 Å². The molecule has 0 radical (unpaired) electrons. The van der Waals surface area contributed by atoms with Gasteiger partial charge in [-0.1, -0.05) is 6.07 Å². The van der Waals surface area contributed by atoms with Crippen LogP contribution in [0.5, 0.6) is 0 Å². The number of nitrogens with zero attached hydrogens (tertiary/aromatic N) is 2. The Morgan fingerprint density at radius 2 is 1.75 bits per heavy atom. The van der Waals surface area contributed by atoms with Gasteiger partial charge in [-0.05, 0) is 53.7 Å². The van der Waals surface area contributed by atoms with Crippen LogP contribution in [0.25, 0.3) is 0 Å². The van der Waals surface area contributed by atoms with Crippen molar-refractivity contribution in [1.82, 2.24) is 10.3 Å². The minimum absolute atomic E-state index is 0.0273. The average molecular weight is 279 g/mol. The molecule has 0 aliphatic heterocycles. The number of pyridine rings is 1. The second-order valence-corrected chi connectivity index (χ2v) is 6.43. The van der Waals surface area contributed by atoms with Gasteiger partial charge >= 0.3 is 0 Å². The lowest BCUT2D eigenvalue weighted by atomic mass is 9.99. The van der Waals surface area contributed by atoms with E-state index in [0.717, 1.165) is 18.9 Å². The largest absolute Gasteiger partial charge is 0.383 e. The lowest BCUT2D eigenvalue weighted by Crippen LogP contribution is -2.45. The molecule has 1 heterocycles. The third-order valence-corrected chi connectivity index (χ3v) is 3.34. The molecule has 0 aromatic carbocycles. The van der Waals surface area contributed by atoms with Crippen LogP contribution in [0.4, 0.5) is 5.82 Å². The SMILES string of the molecule is CCN(CC)c1cccc([C@](C)(O)CNC(C)(C)C)n1.